The van der Waals surface area contributed by atoms with E-state index in [2.05, 4.69) is 14.9 Å². The summed E-state index contributed by atoms with van der Waals surface area (Å²) >= 11 is 5.96. The number of rotatable bonds is 7. The molecule has 1 amide bonds. The smallest absolute Gasteiger partial charge is 0.257 e. The third-order valence-electron chi connectivity index (χ3n) is 4.44. The minimum absolute atomic E-state index is 0.137. The zero-order chi connectivity index (χ0) is 20.9. The molecular formula is C19H21ClFN3O4S. The van der Waals surface area contributed by atoms with E-state index in [0.717, 1.165) is 19.2 Å². The van der Waals surface area contributed by atoms with Gasteiger partial charge in [0.15, 0.2) is 0 Å². The van der Waals surface area contributed by atoms with E-state index >= 15 is 0 Å². The zero-order valence-electron chi connectivity index (χ0n) is 15.5. The van der Waals surface area contributed by atoms with Gasteiger partial charge in [0.05, 0.1) is 34.4 Å². The lowest BCUT2D eigenvalue weighted by molar-refractivity contribution is 0.0390. The Morgan fingerprint density at radius 1 is 1.17 bits per heavy atom. The summed E-state index contributed by atoms with van der Waals surface area (Å²) in [5, 5.41) is 2.63. The number of sulfonamides is 1. The Kier molecular flexibility index (Phi) is 7.20. The summed E-state index contributed by atoms with van der Waals surface area (Å²) in [7, 11) is -3.87. The lowest BCUT2D eigenvalue weighted by atomic mass is 10.2. The second kappa shape index (κ2) is 9.64. The second-order valence-electron chi connectivity index (χ2n) is 6.43. The quantitative estimate of drug-likeness (QED) is 0.688. The number of carbonyl (C=O) groups excluding carboxylic acids is 1. The highest BCUT2D eigenvalue weighted by Crippen LogP contribution is 2.21. The van der Waals surface area contributed by atoms with Crippen LogP contribution in [0.1, 0.15) is 10.4 Å². The molecule has 1 fully saturated rings. The van der Waals surface area contributed by atoms with Gasteiger partial charge in [0.2, 0.25) is 10.0 Å². The molecule has 1 saturated heterocycles. The Bertz CT molecular complexity index is 981. The van der Waals surface area contributed by atoms with Crippen LogP contribution in [0.4, 0.5) is 10.1 Å². The topological polar surface area (TPSA) is 87.7 Å². The molecule has 0 radical (unpaired) electrons. The van der Waals surface area contributed by atoms with E-state index in [9.17, 15) is 17.6 Å². The number of carbonyl (C=O) groups is 1. The van der Waals surface area contributed by atoms with Gasteiger partial charge in [-0.05, 0) is 30.3 Å². The number of morpholine rings is 1. The van der Waals surface area contributed by atoms with E-state index in [1.165, 1.54) is 18.2 Å². The molecule has 1 heterocycles. The summed E-state index contributed by atoms with van der Waals surface area (Å²) in [6.45, 7) is 3.48. The van der Waals surface area contributed by atoms with Crippen molar-refractivity contribution in [2.45, 2.75) is 4.90 Å². The Labute approximate surface area is 173 Å². The first-order valence-corrected chi connectivity index (χ1v) is 10.9. The Morgan fingerprint density at radius 2 is 1.90 bits per heavy atom. The third-order valence-corrected chi connectivity index (χ3v) is 6.23. The van der Waals surface area contributed by atoms with Crippen molar-refractivity contribution < 1.29 is 22.3 Å². The van der Waals surface area contributed by atoms with Crippen molar-refractivity contribution in [2.24, 2.45) is 0 Å². The summed E-state index contributed by atoms with van der Waals surface area (Å²) in [6.07, 6.45) is 0. The van der Waals surface area contributed by atoms with Gasteiger partial charge in [0, 0.05) is 26.2 Å². The molecule has 0 saturated carbocycles. The lowest BCUT2D eigenvalue weighted by Gasteiger charge is -2.26. The highest BCUT2D eigenvalue weighted by atomic mass is 35.5. The monoisotopic (exact) mass is 441 g/mol. The van der Waals surface area contributed by atoms with Gasteiger partial charge in [-0.25, -0.2) is 17.5 Å². The minimum atomic E-state index is -3.87. The number of nitrogens with zero attached hydrogens (tertiary/aromatic N) is 1. The predicted octanol–water partition coefficient (Wildman–Crippen LogP) is 2.34. The molecule has 0 aliphatic carbocycles. The molecule has 0 bridgehead atoms. The van der Waals surface area contributed by atoms with Gasteiger partial charge < -0.3 is 10.1 Å². The molecule has 29 heavy (non-hydrogen) atoms. The first-order valence-electron chi connectivity index (χ1n) is 9.02. The number of ether oxygens (including phenoxy) is 1. The van der Waals surface area contributed by atoms with Crippen molar-refractivity contribution in [2.75, 3.05) is 44.7 Å². The summed E-state index contributed by atoms with van der Waals surface area (Å²) in [5.74, 6) is -1.45. The molecule has 3 rings (SSSR count). The number of hydrogen-bond donors (Lipinski definition) is 2. The summed E-state index contributed by atoms with van der Waals surface area (Å²) < 4.78 is 46.9. The van der Waals surface area contributed by atoms with Crippen LogP contribution in [-0.4, -0.2) is 58.6 Å². The van der Waals surface area contributed by atoms with Crippen LogP contribution in [0.3, 0.4) is 0 Å². The van der Waals surface area contributed by atoms with Crippen molar-refractivity contribution in [3.8, 4) is 0 Å². The fraction of sp³-hybridized carbons (Fsp3) is 0.316. The number of hydrogen-bond acceptors (Lipinski definition) is 5. The van der Waals surface area contributed by atoms with Gasteiger partial charge in [-0.15, -0.1) is 0 Å². The largest absolute Gasteiger partial charge is 0.379 e. The van der Waals surface area contributed by atoms with Crippen LogP contribution in [0, 0.1) is 5.82 Å². The summed E-state index contributed by atoms with van der Waals surface area (Å²) in [4.78, 5) is 14.1. The van der Waals surface area contributed by atoms with Gasteiger partial charge in [-0.3, -0.25) is 9.69 Å². The lowest BCUT2D eigenvalue weighted by Crippen LogP contribution is -2.41. The molecule has 156 valence electrons. The minimum Gasteiger partial charge on any atom is -0.379 e. The Hall–Kier alpha value is -2.04. The van der Waals surface area contributed by atoms with E-state index in [-0.39, 0.29) is 27.7 Å². The molecule has 0 unspecified atom stereocenters. The number of halogens is 2. The molecule has 0 aromatic heterocycles. The normalized spacial score (nSPS) is 15.2. The van der Waals surface area contributed by atoms with Crippen LogP contribution in [0.15, 0.2) is 47.4 Å². The fourth-order valence-electron chi connectivity index (χ4n) is 2.85. The number of benzene rings is 2. The van der Waals surface area contributed by atoms with Crippen LogP contribution >= 0.6 is 11.6 Å². The maximum absolute atomic E-state index is 14.4. The molecule has 0 spiro atoms. The average Bonchev–Trinajstić information content (AvgIpc) is 2.70. The third kappa shape index (κ3) is 5.74. The van der Waals surface area contributed by atoms with E-state index < -0.39 is 21.7 Å². The standard InChI is InChI=1S/C19H21ClFN3O4S/c20-16-4-2-1-3-15(16)19(25)23-18-6-5-14(13-17(18)21)29(26,27)22-7-8-24-9-11-28-12-10-24/h1-6,13,22H,7-12H2,(H,23,25). The van der Waals surface area contributed by atoms with Crippen LogP contribution in [-0.2, 0) is 14.8 Å². The molecule has 2 aromatic carbocycles. The van der Waals surface area contributed by atoms with Gasteiger partial charge in [-0.2, -0.15) is 0 Å². The Balaban J connectivity index is 1.63. The molecule has 1 aliphatic rings. The molecular weight excluding hydrogens is 421 g/mol. The van der Waals surface area contributed by atoms with Gasteiger partial charge in [0.25, 0.3) is 5.91 Å². The molecule has 2 N–H and O–H groups in total. The maximum Gasteiger partial charge on any atom is 0.257 e. The zero-order valence-corrected chi connectivity index (χ0v) is 17.1. The molecule has 10 heteroatoms. The van der Waals surface area contributed by atoms with Gasteiger partial charge in [-0.1, -0.05) is 23.7 Å². The highest BCUT2D eigenvalue weighted by Gasteiger charge is 2.19. The van der Waals surface area contributed by atoms with Crippen molar-refractivity contribution in [3.05, 3.63) is 58.9 Å². The highest BCUT2D eigenvalue weighted by molar-refractivity contribution is 7.89. The van der Waals surface area contributed by atoms with Crippen molar-refractivity contribution >= 4 is 33.2 Å². The van der Waals surface area contributed by atoms with E-state index in [1.807, 2.05) is 0 Å². The molecule has 1 aliphatic heterocycles. The SMILES string of the molecule is O=C(Nc1ccc(S(=O)(=O)NCCN2CCOCC2)cc1F)c1ccccc1Cl. The van der Waals surface area contributed by atoms with Crippen LogP contribution in [0.2, 0.25) is 5.02 Å². The fourth-order valence-corrected chi connectivity index (χ4v) is 4.10. The van der Waals surface area contributed by atoms with Gasteiger partial charge in [0.1, 0.15) is 5.82 Å². The molecule has 0 atom stereocenters. The van der Waals surface area contributed by atoms with E-state index in [1.54, 1.807) is 18.2 Å². The van der Waals surface area contributed by atoms with E-state index in [4.69, 9.17) is 16.3 Å². The molecule has 2 aromatic rings. The van der Waals surface area contributed by atoms with Gasteiger partial charge >= 0.3 is 0 Å². The van der Waals surface area contributed by atoms with E-state index in [0.29, 0.717) is 19.8 Å². The van der Waals surface area contributed by atoms with Crippen LogP contribution < -0.4 is 10.0 Å². The molecule has 7 nitrogen and oxygen atoms in total. The van der Waals surface area contributed by atoms with Crippen molar-refractivity contribution in [3.63, 3.8) is 0 Å². The average molecular weight is 442 g/mol. The maximum atomic E-state index is 14.4. The summed E-state index contributed by atoms with van der Waals surface area (Å²) in [6, 6.07) is 9.68. The number of amides is 1. The van der Waals surface area contributed by atoms with Crippen LogP contribution in [0.25, 0.3) is 0 Å². The number of nitrogens with one attached hydrogen (secondary N) is 2. The first kappa shape index (κ1) is 21.7. The first-order chi connectivity index (χ1) is 13.9. The number of anilines is 1. The van der Waals surface area contributed by atoms with Crippen LogP contribution in [0.5, 0.6) is 0 Å². The van der Waals surface area contributed by atoms with Crippen molar-refractivity contribution in [1.29, 1.82) is 0 Å². The summed E-state index contributed by atoms with van der Waals surface area (Å²) in [5.41, 5.74) is 0.0530. The Morgan fingerprint density at radius 3 is 2.59 bits per heavy atom. The van der Waals surface area contributed by atoms with Crippen molar-refractivity contribution in [1.82, 2.24) is 9.62 Å². The predicted molar refractivity (Wildman–Crippen MR) is 108 cm³/mol. The second-order valence-corrected chi connectivity index (χ2v) is 8.60.